The van der Waals surface area contributed by atoms with Gasteiger partial charge >= 0.3 is 0 Å². The first kappa shape index (κ1) is 31.5. The van der Waals surface area contributed by atoms with Crippen molar-refractivity contribution in [1.29, 1.82) is 0 Å². The molecule has 6 heteroatoms. The second-order valence-electron chi connectivity index (χ2n) is 9.86. The maximum absolute atomic E-state index is 14.4. The minimum atomic E-state index is -1.53. The topological polar surface area (TPSA) is 38.8 Å². The summed E-state index contributed by atoms with van der Waals surface area (Å²) in [5.41, 5.74) is 3.63. The van der Waals surface area contributed by atoms with Crippen molar-refractivity contribution in [3.05, 3.63) is 144 Å². The van der Waals surface area contributed by atoms with Crippen molar-refractivity contribution in [2.24, 2.45) is 0 Å². The molecular formula is C34H37Cl2NO3. The average molecular weight is 579 g/mol. The van der Waals surface area contributed by atoms with Crippen LogP contribution in [0.1, 0.15) is 40.9 Å². The van der Waals surface area contributed by atoms with Gasteiger partial charge in [-0.15, -0.1) is 12.4 Å². The van der Waals surface area contributed by atoms with E-state index in [-0.39, 0.29) is 30.8 Å². The first-order chi connectivity index (χ1) is 19.0. The number of hydrogen-bond acceptors (Lipinski definition) is 4. The van der Waals surface area contributed by atoms with Gasteiger partial charge in [-0.05, 0) is 30.5 Å². The van der Waals surface area contributed by atoms with E-state index in [1.807, 2.05) is 114 Å². The Kier molecular flexibility index (Phi) is 12.4. The van der Waals surface area contributed by atoms with Crippen LogP contribution in [0.25, 0.3) is 0 Å². The zero-order valence-corrected chi connectivity index (χ0v) is 24.6. The van der Waals surface area contributed by atoms with Crippen LogP contribution in [0.4, 0.5) is 0 Å². The Labute approximate surface area is 249 Å². The highest BCUT2D eigenvalue weighted by Gasteiger charge is 2.51. The van der Waals surface area contributed by atoms with E-state index in [9.17, 15) is 4.79 Å². The summed E-state index contributed by atoms with van der Waals surface area (Å²) in [6.07, 6.45) is -0.762. The number of ether oxygens (including phenoxy) is 2. The van der Waals surface area contributed by atoms with Gasteiger partial charge < -0.3 is 9.47 Å². The molecule has 2 atom stereocenters. The fourth-order valence-corrected chi connectivity index (χ4v) is 5.10. The average Bonchev–Trinajstić information content (AvgIpc) is 2.98. The van der Waals surface area contributed by atoms with E-state index >= 15 is 0 Å². The van der Waals surface area contributed by atoms with E-state index in [0.29, 0.717) is 25.3 Å². The van der Waals surface area contributed by atoms with Gasteiger partial charge in [0.05, 0.1) is 19.8 Å². The molecule has 2 unspecified atom stereocenters. The molecule has 4 nitrogen and oxygen atoms in total. The first-order valence-corrected chi connectivity index (χ1v) is 13.7. The Hall–Kier alpha value is -2.99. The van der Waals surface area contributed by atoms with Crippen LogP contribution >= 0.6 is 24.0 Å². The fourth-order valence-electron chi connectivity index (χ4n) is 4.61. The van der Waals surface area contributed by atoms with Crippen LogP contribution in [-0.4, -0.2) is 34.4 Å². The molecule has 0 bridgehead atoms. The summed E-state index contributed by atoms with van der Waals surface area (Å²) in [7, 11) is 0. The first-order valence-electron chi connectivity index (χ1n) is 13.3. The maximum Gasteiger partial charge on any atom is 0.201 e. The van der Waals surface area contributed by atoms with Gasteiger partial charge in [0.15, 0.2) is 5.00 Å². The Morgan fingerprint density at radius 2 is 1.18 bits per heavy atom. The third-order valence-corrected chi connectivity index (χ3v) is 7.33. The predicted octanol–water partition coefficient (Wildman–Crippen LogP) is 7.94. The second kappa shape index (κ2) is 15.7. The molecule has 0 aliphatic heterocycles. The normalized spacial score (nSPS) is 13.4. The number of carbonyl (C=O) groups is 1. The van der Waals surface area contributed by atoms with E-state index < -0.39 is 11.1 Å². The summed E-state index contributed by atoms with van der Waals surface area (Å²) < 4.78 is 12.7. The van der Waals surface area contributed by atoms with Gasteiger partial charge in [0.25, 0.3) is 0 Å². The number of Topliss-reactive ketones (excluding diaryl/α,β-unsaturated/α-hetero) is 1. The van der Waals surface area contributed by atoms with Crippen molar-refractivity contribution >= 4 is 29.8 Å². The molecule has 0 heterocycles. The third-order valence-electron chi connectivity index (χ3n) is 6.69. The Balaban J connectivity index is 0.00000441. The maximum atomic E-state index is 14.4. The van der Waals surface area contributed by atoms with E-state index in [1.165, 1.54) is 0 Å². The molecule has 0 radical (unpaired) electrons. The zero-order chi connectivity index (χ0) is 27.5. The van der Waals surface area contributed by atoms with Gasteiger partial charge in [-0.2, -0.15) is 0 Å². The van der Waals surface area contributed by atoms with Crippen molar-refractivity contribution in [3.8, 4) is 0 Å². The van der Waals surface area contributed by atoms with Crippen LogP contribution < -0.4 is 0 Å². The monoisotopic (exact) mass is 577 g/mol. The number of rotatable bonds is 14. The Morgan fingerprint density at radius 1 is 0.725 bits per heavy atom. The summed E-state index contributed by atoms with van der Waals surface area (Å²) in [6, 6.07) is 39.1. The standard InChI is InChI=1S/C34H36ClNO3.ClH/c1-27(2)36(23-28-15-7-3-8-16-28)34(35,33(37)31-21-13-6-14-22-31)32(39-25-30-19-11-5-12-20-30)26-38-24-29-17-9-4-10-18-29;/h3-22,27,32H,23-26H2,1-2H3;1H. The minimum Gasteiger partial charge on any atom is -0.374 e. The molecular weight excluding hydrogens is 541 g/mol. The minimum absolute atomic E-state index is 0. The van der Waals surface area contributed by atoms with Gasteiger partial charge in [0.2, 0.25) is 5.78 Å². The van der Waals surface area contributed by atoms with Crippen LogP contribution in [0.2, 0.25) is 0 Å². The molecule has 210 valence electrons. The van der Waals surface area contributed by atoms with Crippen LogP contribution in [0, 0.1) is 0 Å². The van der Waals surface area contributed by atoms with Gasteiger partial charge in [0.1, 0.15) is 6.10 Å². The lowest BCUT2D eigenvalue weighted by Gasteiger charge is -2.45. The third kappa shape index (κ3) is 8.26. The summed E-state index contributed by atoms with van der Waals surface area (Å²) in [6.45, 7) is 5.41. The number of hydrogen-bond donors (Lipinski definition) is 0. The Bertz CT molecular complexity index is 1270. The fraction of sp³-hybridized carbons (Fsp3) is 0.265. The Morgan fingerprint density at radius 3 is 1.68 bits per heavy atom. The molecule has 4 aromatic carbocycles. The molecule has 40 heavy (non-hydrogen) atoms. The SMILES string of the molecule is CC(C)N(Cc1ccccc1)C(Cl)(C(=O)c1ccccc1)C(COCc1ccccc1)OCc1ccccc1.Cl. The van der Waals surface area contributed by atoms with Crippen LogP contribution in [0.3, 0.4) is 0 Å². The second-order valence-corrected chi connectivity index (χ2v) is 10.4. The molecule has 0 saturated heterocycles. The summed E-state index contributed by atoms with van der Waals surface area (Å²) >= 11 is 7.62. The number of halogens is 2. The van der Waals surface area contributed by atoms with E-state index in [0.717, 1.165) is 16.7 Å². The van der Waals surface area contributed by atoms with E-state index in [1.54, 1.807) is 12.1 Å². The molecule has 0 aliphatic carbocycles. The molecule has 4 rings (SSSR count). The van der Waals surface area contributed by atoms with Gasteiger partial charge in [0, 0.05) is 18.2 Å². The predicted molar refractivity (Wildman–Crippen MR) is 165 cm³/mol. The van der Waals surface area contributed by atoms with Crippen LogP contribution in [0.5, 0.6) is 0 Å². The summed E-state index contributed by atoms with van der Waals surface area (Å²) in [5, 5.41) is 0. The number of benzene rings is 4. The molecule has 0 aromatic heterocycles. The van der Waals surface area contributed by atoms with Crippen molar-refractivity contribution in [3.63, 3.8) is 0 Å². The van der Waals surface area contributed by atoms with E-state index in [4.69, 9.17) is 21.1 Å². The number of carbonyl (C=O) groups excluding carboxylic acids is 1. The highest BCUT2D eigenvalue weighted by atomic mass is 35.5. The van der Waals surface area contributed by atoms with Gasteiger partial charge in [-0.25, -0.2) is 0 Å². The smallest absolute Gasteiger partial charge is 0.201 e. The summed E-state index contributed by atoms with van der Waals surface area (Å²) in [5.74, 6) is -0.212. The van der Waals surface area contributed by atoms with Crippen molar-refractivity contribution < 1.29 is 14.3 Å². The molecule has 0 fully saturated rings. The lowest BCUT2D eigenvalue weighted by molar-refractivity contribution is -0.0839. The molecule has 0 N–H and O–H groups in total. The molecule has 4 aromatic rings. The van der Waals surface area contributed by atoms with Gasteiger partial charge in [-0.3, -0.25) is 9.69 Å². The molecule has 0 spiro atoms. The quantitative estimate of drug-likeness (QED) is 0.0865. The van der Waals surface area contributed by atoms with Crippen molar-refractivity contribution in [1.82, 2.24) is 4.90 Å². The van der Waals surface area contributed by atoms with Crippen LogP contribution in [-0.2, 0) is 29.2 Å². The highest BCUT2D eigenvalue weighted by molar-refractivity contribution is 6.38. The summed E-state index contributed by atoms with van der Waals surface area (Å²) in [4.78, 5) is 14.9. The van der Waals surface area contributed by atoms with E-state index in [2.05, 4.69) is 13.8 Å². The molecule has 0 saturated carbocycles. The van der Waals surface area contributed by atoms with Crippen LogP contribution in [0.15, 0.2) is 121 Å². The largest absolute Gasteiger partial charge is 0.374 e. The lowest BCUT2D eigenvalue weighted by Crippen LogP contribution is -2.61. The molecule has 0 amide bonds. The molecule has 0 aliphatic rings. The van der Waals surface area contributed by atoms with Crippen molar-refractivity contribution in [2.75, 3.05) is 6.61 Å². The van der Waals surface area contributed by atoms with Gasteiger partial charge in [-0.1, -0.05) is 133 Å². The lowest BCUT2D eigenvalue weighted by atomic mass is 9.95. The highest BCUT2D eigenvalue weighted by Crippen LogP contribution is 2.36. The van der Waals surface area contributed by atoms with Crippen molar-refractivity contribution in [2.45, 2.75) is 50.7 Å². The number of alkyl halides is 1. The number of nitrogens with zero attached hydrogens (tertiary/aromatic N) is 1. The number of ketones is 1. The zero-order valence-electron chi connectivity index (χ0n) is 23.0.